The summed E-state index contributed by atoms with van der Waals surface area (Å²) in [4.78, 5) is 15.1. The molecule has 0 spiro atoms. The fraction of sp³-hybridized carbons (Fsp3) is 0.462. The molecule has 2 heterocycles. The summed E-state index contributed by atoms with van der Waals surface area (Å²) in [6.45, 7) is 4.64. The van der Waals surface area contributed by atoms with E-state index in [2.05, 4.69) is 6.58 Å². The first kappa shape index (κ1) is 14.3. The van der Waals surface area contributed by atoms with Gasteiger partial charge in [-0.2, -0.15) is 0 Å². The number of carbonyl (C=O) groups excluding carboxylic acids is 1. The molecule has 0 aliphatic carbocycles. The van der Waals surface area contributed by atoms with Gasteiger partial charge in [-0.1, -0.05) is 12.1 Å². The average molecular weight is 299 g/mol. The van der Waals surface area contributed by atoms with Crippen molar-refractivity contribution in [2.75, 3.05) is 18.1 Å². The quantitative estimate of drug-likeness (QED) is 0.778. The van der Waals surface area contributed by atoms with E-state index in [1.54, 1.807) is 22.3 Å². The molecule has 104 valence electrons. The van der Waals surface area contributed by atoms with Gasteiger partial charge < -0.3 is 4.90 Å². The highest BCUT2D eigenvalue weighted by Crippen LogP contribution is 2.22. The predicted octanol–water partition coefficient (Wildman–Crippen LogP) is 1.70. The molecule has 1 atom stereocenters. The molecule has 1 saturated heterocycles. The molecule has 1 amide bonds. The van der Waals surface area contributed by atoms with Crippen molar-refractivity contribution >= 4 is 27.1 Å². The third kappa shape index (κ3) is 3.67. The van der Waals surface area contributed by atoms with Gasteiger partial charge in [-0.15, -0.1) is 17.9 Å². The van der Waals surface area contributed by atoms with Crippen LogP contribution in [0, 0.1) is 5.92 Å². The summed E-state index contributed by atoms with van der Waals surface area (Å²) in [6.07, 6.45) is 2.12. The minimum atomic E-state index is -3.02. The van der Waals surface area contributed by atoms with E-state index in [0.29, 0.717) is 19.5 Å². The third-order valence-electron chi connectivity index (χ3n) is 3.17. The number of hydrogen-bond donors (Lipinski definition) is 0. The summed E-state index contributed by atoms with van der Waals surface area (Å²) in [6, 6.07) is 3.91. The van der Waals surface area contributed by atoms with Gasteiger partial charge >= 0.3 is 0 Å². The molecule has 1 fully saturated rings. The van der Waals surface area contributed by atoms with Crippen LogP contribution in [0.25, 0.3) is 0 Å². The van der Waals surface area contributed by atoms with Gasteiger partial charge in [-0.05, 0) is 17.9 Å². The molecule has 0 aromatic carbocycles. The van der Waals surface area contributed by atoms with E-state index in [1.165, 1.54) is 0 Å². The SMILES string of the molecule is C=CCN(Cc1cccs1)C(=O)C1CCS(=O)(=O)C1. The Morgan fingerprint density at radius 3 is 2.89 bits per heavy atom. The summed E-state index contributed by atoms with van der Waals surface area (Å²) in [5.41, 5.74) is 0. The molecular weight excluding hydrogens is 282 g/mol. The molecular formula is C13H17NO3S2. The van der Waals surface area contributed by atoms with Crippen LogP contribution in [0.15, 0.2) is 30.2 Å². The Labute approximate surface area is 117 Å². The van der Waals surface area contributed by atoms with Crippen LogP contribution < -0.4 is 0 Å². The second kappa shape index (κ2) is 5.88. The summed E-state index contributed by atoms with van der Waals surface area (Å²) in [5, 5.41) is 1.96. The fourth-order valence-corrected chi connectivity index (χ4v) is 4.68. The minimum Gasteiger partial charge on any atom is -0.334 e. The Morgan fingerprint density at radius 2 is 2.37 bits per heavy atom. The van der Waals surface area contributed by atoms with E-state index in [9.17, 15) is 13.2 Å². The second-order valence-electron chi connectivity index (χ2n) is 4.69. The van der Waals surface area contributed by atoms with Gasteiger partial charge in [-0.25, -0.2) is 8.42 Å². The third-order valence-corrected chi connectivity index (χ3v) is 5.80. The lowest BCUT2D eigenvalue weighted by atomic mass is 10.1. The van der Waals surface area contributed by atoms with Crippen molar-refractivity contribution in [3.8, 4) is 0 Å². The van der Waals surface area contributed by atoms with Crippen LogP contribution >= 0.6 is 11.3 Å². The van der Waals surface area contributed by atoms with Crippen molar-refractivity contribution in [3.05, 3.63) is 35.0 Å². The van der Waals surface area contributed by atoms with E-state index in [0.717, 1.165) is 4.88 Å². The maximum absolute atomic E-state index is 12.4. The molecule has 0 N–H and O–H groups in total. The topological polar surface area (TPSA) is 54.5 Å². The van der Waals surface area contributed by atoms with Crippen LogP contribution in [0.3, 0.4) is 0 Å². The number of sulfone groups is 1. The summed E-state index contributed by atoms with van der Waals surface area (Å²) < 4.78 is 22.9. The van der Waals surface area contributed by atoms with Crippen LogP contribution in [-0.4, -0.2) is 37.3 Å². The van der Waals surface area contributed by atoms with Crippen LogP contribution in [0.5, 0.6) is 0 Å². The summed E-state index contributed by atoms with van der Waals surface area (Å²) in [7, 11) is -3.02. The highest BCUT2D eigenvalue weighted by atomic mass is 32.2. The van der Waals surface area contributed by atoms with Crippen molar-refractivity contribution in [1.29, 1.82) is 0 Å². The maximum Gasteiger partial charge on any atom is 0.227 e. The molecule has 0 saturated carbocycles. The van der Waals surface area contributed by atoms with E-state index >= 15 is 0 Å². The smallest absolute Gasteiger partial charge is 0.227 e. The minimum absolute atomic E-state index is 0.0100. The Kier molecular flexibility index (Phi) is 4.42. The van der Waals surface area contributed by atoms with Crippen LogP contribution in [-0.2, 0) is 21.2 Å². The molecule has 1 aliphatic heterocycles. The van der Waals surface area contributed by atoms with Crippen molar-refractivity contribution in [2.45, 2.75) is 13.0 Å². The summed E-state index contributed by atoms with van der Waals surface area (Å²) >= 11 is 1.59. The van der Waals surface area contributed by atoms with Gasteiger partial charge in [0, 0.05) is 11.4 Å². The maximum atomic E-state index is 12.4. The normalized spacial score (nSPS) is 21.2. The molecule has 6 heteroatoms. The van der Waals surface area contributed by atoms with Gasteiger partial charge in [0.1, 0.15) is 0 Å². The van der Waals surface area contributed by atoms with E-state index in [4.69, 9.17) is 0 Å². The highest BCUT2D eigenvalue weighted by molar-refractivity contribution is 7.91. The van der Waals surface area contributed by atoms with E-state index < -0.39 is 9.84 Å². The zero-order valence-corrected chi connectivity index (χ0v) is 12.3. The highest BCUT2D eigenvalue weighted by Gasteiger charge is 2.35. The lowest BCUT2D eigenvalue weighted by Crippen LogP contribution is -2.36. The number of nitrogens with zero attached hydrogens (tertiary/aromatic N) is 1. The molecule has 1 unspecified atom stereocenters. The molecule has 0 radical (unpaired) electrons. The Hall–Kier alpha value is -1.14. The monoisotopic (exact) mass is 299 g/mol. The van der Waals surface area contributed by atoms with Crippen molar-refractivity contribution in [1.82, 2.24) is 4.90 Å². The van der Waals surface area contributed by atoms with Gasteiger partial charge in [0.05, 0.1) is 24.0 Å². The standard InChI is InChI=1S/C13H17NO3S2/c1-2-6-14(9-12-4-3-7-18-12)13(15)11-5-8-19(16,17)10-11/h2-4,7,11H,1,5-6,8-10H2. The molecule has 1 aromatic heterocycles. The summed E-state index contributed by atoms with van der Waals surface area (Å²) in [5.74, 6) is -0.340. The fourth-order valence-electron chi connectivity index (χ4n) is 2.23. The molecule has 1 aromatic rings. The molecule has 4 nitrogen and oxygen atoms in total. The van der Waals surface area contributed by atoms with Crippen molar-refractivity contribution in [2.24, 2.45) is 5.92 Å². The first-order valence-corrected chi connectivity index (χ1v) is 8.84. The zero-order valence-electron chi connectivity index (χ0n) is 10.6. The number of rotatable bonds is 5. The largest absolute Gasteiger partial charge is 0.334 e. The lowest BCUT2D eigenvalue weighted by molar-refractivity contribution is -0.134. The first-order chi connectivity index (χ1) is 9.02. The van der Waals surface area contributed by atoms with Crippen LogP contribution in [0.1, 0.15) is 11.3 Å². The van der Waals surface area contributed by atoms with E-state index in [-0.39, 0.29) is 23.3 Å². The van der Waals surface area contributed by atoms with Gasteiger partial charge in [0.15, 0.2) is 9.84 Å². The van der Waals surface area contributed by atoms with E-state index in [1.807, 2.05) is 17.5 Å². The Bertz CT molecular complexity index is 548. The second-order valence-corrected chi connectivity index (χ2v) is 7.95. The number of thiophene rings is 1. The first-order valence-electron chi connectivity index (χ1n) is 6.14. The molecule has 19 heavy (non-hydrogen) atoms. The average Bonchev–Trinajstić information content (AvgIpc) is 2.97. The molecule has 0 bridgehead atoms. The van der Waals surface area contributed by atoms with Gasteiger partial charge in [-0.3, -0.25) is 4.79 Å². The molecule has 1 aliphatic rings. The van der Waals surface area contributed by atoms with Gasteiger partial charge in [0.25, 0.3) is 0 Å². The number of amides is 1. The Balaban J connectivity index is 2.06. The van der Waals surface area contributed by atoms with Crippen molar-refractivity contribution in [3.63, 3.8) is 0 Å². The van der Waals surface area contributed by atoms with Crippen LogP contribution in [0.2, 0.25) is 0 Å². The number of hydrogen-bond acceptors (Lipinski definition) is 4. The van der Waals surface area contributed by atoms with Crippen LogP contribution in [0.4, 0.5) is 0 Å². The lowest BCUT2D eigenvalue weighted by Gasteiger charge is -2.23. The molecule has 2 rings (SSSR count). The van der Waals surface area contributed by atoms with Crippen molar-refractivity contribution < 1.29 is 13.2 Å². The number of carbonyl (C=O) groups is 1. The zero-order chi connectivity index (χ0) is 13.9. The Morgan fingerprint density at radius 1 is 1.58 bits per heavy atom. The predicted molar refractivity (Wildman–Crippen MR) is 76.7 cm³/mol. The van der Waals surface area contributed by atoms with Gasteiger partial charge in [0.2, 0.25) is 5.91 Å².